The Labute approximate surface area is 128 Å². The Morgan fingerprint density at radius 1 is 1.05 bits per heavy atom. The van der Waals surface area contributed by atoms with E-state index in [1.807, 2.05) is 11.8 Å². The third-order valence-corrected chi connectivity index (χ3v) is 5.22. The first-order valence-corrected chi connectivity index (χ1v) is 9.20. The second kappa shape index (κ2) is 8.74. The van der Waals surface area contributed by atoms with Crippen molar-refractivity contribution in [3.63, 3.8) is 0 Å². The molecule has 1 aromatic carbocycles. The molecule has 0 aromatic heterocycles. The summed E-state index contributed by atoms with van der Waals surface area (Å²) in [6, 6.07) is 9.86. The number of rotatable bonds is 6. The van der Waals surface area contributed by atoms with E-state index in [1.165, 1.54) is 54.7 Å². The molecule has 0 spiro atoms. The fourth-order valence-corrected chi connectivity index (χ4v) is 3.65. The lowest BCUT2D eigenvalue weighted by Gasteiger charge is -2.15. The summed E-state index contributed by atoms with van der Waals surface area (Å²) in [6.07, 6.45) is 8.48. The molecule has 0 unspecified atom stereocenters. The predicted molar refractivity (Wildman–Crippen MR) is 90.7 cm³/mol. The van der Waals surface area contributed by atoms with Crippen molar-refractivity contribution in [2.24, 2.45) is 0 Å². The van der Waals surface area contributed by atoms with Crippen molar-refractivity contribution in [1.82, 2.24) is 5.32 Å². The van der Waals surface area contributed by atoms with Gasteiger partial charge in [0.1, 0.15) is 0 Å². The van der Waals surface area contributed by atoms with Crippen LogP contribution in [0, 0.1) is 0 Å². The maximum absolute atomic E-state index is 3.74. The van der Waals surface area contributed by atoms with Gasteiger partial charge in [0.05, 0.1) is 0 Å². The fourth-order valence-electron chi connectivity index (χ4n) is 2.86. The lowest BCUT2D eigenvalue weighted by molar-refractivity contribution is 0.474. The summed E-state index contributed by atoms with van der Waals surface area (Å²) in [5, 5.41) is 3.74. The maximum Gasteiger partial charge on any atom is 0.0106 e. The lowest BCUT2D eigenvalue weighted by Crippen LogP contribution is -2.30. The topological polar surface area (TPSA) is 12.0 Å². The van der Waals surface area contributed by atoms with Crippen LogP contribution < -0.4 is 5.32 Å². The number of benzene rings is 1. The van der Waals surface area contributed by atoms with Crippen LogP contribution in [-0.2, 0) is 0 Å². The molecule has 0 amide bonds. The van der Waals surface area contributed by atoms with Gasteiger partial charge in [0.15, 0.2) is 0 Å². The number of nitrogens with one attached hydrogen (secondary N) is 1. The van der Waals surface area contributed by atoms with Crippen LogP contribution in [-0.4, -0.2) is 18.3 Å². The molecule has 0 saturated heterocycles. The third kappa shape index (κ3) is 5.49. The van der Waals surface area contributed by atoms with Gasteiger partial charge >= 0.3 is 0 Å². The van der Waals surface area contributed by atoms with Gasteiger partial charge in [0.25, 0.3) is 0 Å². The van der Waals surface area contributed by atoms with Gasteiger partial charge < -0.3 is 5.32 Å². The van der Waals surface area contributed by atoms with Crippen LogP contribution in [0.2, 0.25) is 0 Å². The standard InChI is InChI=1S/C18H29NS/c1-15(2)16-9-11-18(12-10-16)20-14-13-19-17-7-5-3-4-6-8-17/h9-12,15,17,19H,3-8,13-14H2,1-2H3. The Morgan fingerprint density at radius 3 is 2.30 bits per heavy atom. The first kappa shape index (κ1) is 15.9. The number of hydrogen-bond acceptors (Lipinski definition) is 2. The van der Waals surface area contributed by atoms with Gasteiger partial charge in [-0.1, -0.05) is 51.7 Å². The SMILES string of the molecule is CC(C)c1ccc(SCCNC2CCCCCC2)cc1. The van der Waals surface area contributed by atoms with Gasteiger partial charge in [-0.2, -0.15) is 0 Å². The fraction of sp³-hybridized carbons (Fsp3) is 0.667. The average Bonchev–Trinajstić information content (AvgIpc) is 2.73. The van der Waals surface area contributed by atoms with Crippen molar-refractivity contribution < 1.29 is 0 Å². The molecule has 0 heterocycles. The molecule has 1 aromatic rings. The zero-order valence-corrected chi connectivity index (χ0v) is 13.8. The van der Waals surface area contributed by atoms with Crippen LogP contribution >= 0.6 is 11.8 Å². The van der Waals surface area contributed by atoms with Gasteiger partial charge in [-0.05, 0) is 36.5 Å². The minimum Gasteiger partial charge on any atom is -0.313 e. The number of hydrogen-bond donors (Lipinski definition) is 1. The quantitative estimate of drug-likeness (QED) is 0.438. The molecule has 1 nitrogen and oxygen atoms in total. The van der Waals surface area contributed by atoms with Crippen molar-refractivity contribution >= 4 is 11.8 Å². The van der Waals surface area contributed by atoms with E-state index in [4.69, 9.17) is 0 Å². The van der Waals surface area contributed by atoms with Crippen molar-refractivity contribution in [2.45, 2.75) is 69.2 Å². The van der Waals surface area contributed by atoms with Crippen LogP contribution in [0.4, 0.5) is 0 Å². The van der Waals surface area contributed by atoms with E-state index in [1.54, 1.807) is 0 Å². The monoisotopic (exact) mass is 291 g/mol. The first-order valence-electron chi connectivity index (χ1n) is 8.22. The minimum absolute atomic E-state index is 0.631. The molecule has 2 heteroatoms. The van der Waals surface area contributed by atoms with Crippen LogP contribution in [0.25, 0.3) is 0 Å². The van der Waals surface area contributed by atoms with Crippen molar-refractivity contribution in [3.05, 3.63) is 29.8 Å². The van der Waals surface area contributed by atoms with E-state index in [9.17, 15) is 0 Å². The lowest BCUT2D eigenvalue weighted by atomic mass is 10.0. The van der Waals surface area contributed by atoms with E-state index in [0.717, 1.165) is 12.6 Å². The highest BCUT2D eigenvalue weighted by molar-refractivity contribution is 7.99. The summed E-state index contributed by atoms with van der Waals surface area (Å²) in [5.74, 6) is 1.81. The zero-order valence-electron chi connectivity index (χ0n) is 13.0. The van der Waals surface area contributed by atoms with Gasteiger partial charge in [-0.3, -0.25) is 0 Å². The van der Waals surface area contributed by atoms with E-state index in [-0.39, 0.29) is 0 Å². The summed E-state index contributed by atoms with van der Waals surface area (Å²) in [4.78, 5) is 1.40. The molecule has 0 radical (unpaired) electrons. The molecule has 112 valence electrons. The molecule has 1 fully saturated rings. The average molecular weight is 292 g/mol. The zero-order chi connectivity index (χ0) is 14.2. The highest BCUT2D eigenvalue weighted by Gasteiger charge is 2.10. The Bertz CT molecular complexity index is 364. The molecule has 1 saturated carbocycles. The highest BCUT2D eigenvalue weighted by atomic mass is 32.2. The van der Waals surface area contributed by atoms with Crippen LogP contribution in [0.5, 0.6) is 0 Å². The largest absolute Gasteiger partial charge is 0.313 e. The Hall–Kier alpha value is -0.470. The van der Waals surface area contributed by atoms with Crippen LogP contribution in [0.15, 0.2) is 29.2 Å². The highest BCUT2D eigenvalue weighted by Crippen LogP contribution is 2.22. The molecular formula is C18H29NS. The van der Waals surface area contributed by atoms with Gasteiger partial charge in [-0.15, -0.1) is 11.8 Å². The van der Waals surface area contributed by atoms with Gasteiger partial charge in [0, 0.05) is 23.2 Å². The summed E-state index contributed by atoms with van der Waals surface area (Å²) in [6.45, 7) is 5.64. The van der Waals surface area contributed by atoms with E-state index < -0.39 is 0 Å². The number of thioether (sulfide) groups is 1. The molecule has 1 aliphatic carbocycles. The second-order valence-corrected chi connectivity index (χ2v) is 7.38. The summed E-state index contributed by atoms with van der Waals surface area (Å²) in [7, 11) is 0. The minimum atomic E-state index is 0.631. The smallest absolute Gasteiger partial charge is 0.0106 e. The molecule has 2 rings (SSSR count). The van der Waals surface area contributed by atoms with Crippen LogP contribution in [0.1, 0.15) is 63.9 Å². The first-order chi connectivity index (χ1) is 9.75. The van der Waals surface area contributed by atoms with Crippen molar-refractivity contribution in [2.75, 3.05) is 12.3 Å². The molecule has 0 bridgehead atoms. The summed E-state index contributed by atoms with van der Waals surface area (Å²) < 4.78 is 0. The molecule has 1 aliphatic rings. The van der Waals surface area contributed by atoms with Crippen LogP contribution in [0.3, 0.4) is 0 Å². The Morgan fingerprint density at radius 2 is 1.70 bits per heavy atom. The molecule has 0 aliphatic heterocycles. The molecular weight excluding hydrogens is 262 g/mol. The Kier molecular flexibility index (Phi) is 6.95. The molecule has 0 atom stereocenters. The summed E-state index contributed by atoms with van der Waals surface area (Å²) in [5.41, 5.74) is 1.44. The molecule has 20 heavy (non-hydrogen) atoms. The summed E-state index contributed by atoms with van der Waals surface area (Å²) >= 11 is 1.97. The van der Waals surface area contributed by atoms with Gasteiger partial charge in [-0.25, -0.2) is 0 Å². The Balaban J connectivity index is 1.65. The maximum atomic E-state index is 3.74. The van der Waals surface area contributed by atoms with Crippen molar-refractivity contribution in [3.8, 4) is 0 Å². The second-order valence-electron chi connectivity index (χ2n) is 6.21. The van der Waals surface area contributed by atoms with E-state index in [2.05, 4.69) is 43.4 Å². The molecule has 1 N–H and O–H groups in total. The predicted octanol–water partition coefficient (Wildman–Crippen LogP) is 5.21. The van der Waals surface area contributed by atoms with E-state index in [0.29, 0.717) is 5.92 Å². The normalized spacial score (nSPS) is 17.4. The third-order valence-electron chi connectivity index (χ3n) is 4.21. The van der Waals surface area contributed by atoms with E-state index >= 15 is 0 Å². The van der Waals surface area contributed by atoms with Gasteiger partial charge in [0.2, 0.25) is 0 Å². The van der Waals surface area contributed by atoms with Crippen molar-refractivity contribution in [1.29, 1.82) is 0 Å².